The summed E-state index contributed by atoms with van der Waals surface area (Å²) in [7, 11) is 1.58. The van der Waals surface area contributed by atoms with Crippen molar-refractivity contribution >= 4 is 5.78 Å². The average Bonchev–Trinajstić information content (AvgIpc) is 2.48. The van der Waals surface area contributed by atoms with Gasteiger partial charge < -0.3 is 9.47 Å². The lowest BCUT2D eigenvalue weighted by Crippen LogP contribution is -2.09. The summed E-state index contributed by atoms with van der Waals surface area (Å²) in [5, 5.41) is 0. The number of benzene rings is 2. The topological polar surface area (TPSA) is 35.5 Å². The van der Waals surface area contributed by atoms with Gasteiger partial charge in [-0.05, 0) is 36.4 Å². The van der Waals surface area contributed by atoms with Crippen LogP contribution in [0.3, 0.4) is 0 Å². The number of para-hydroxylation sites is 1. The molecule has 0 bridgehead atoms. The Balaban J connectivity index is 2.23. The molecule has 0 heterocycles. The van der Waals surface area contributed by atoms with Crippen molar-refractivity contribution in [2.75, 3.05) is 20.3 Å². The zero-order chi connectivity index (χ0) is 14.4. The second kappa shape index (κ2) is 6.82. The molecule has 0 unspecified atom stereocenters. The maximum Gasteiger partial charge on any atom is 0.196 e. The first-order chi connectivity index (χ1) is 9.72. The molecule has 4 heteroatoms. The normalized spacial score (nSPS) is 10.3. The molecule has 3 nitrogen and oxygen atoms in total. The predicted molar refractivity (Wildman–Crippen MR) is 73.6 cm³/mol. The van der Waals surface area contributed by atoms with E-state index in [1.165, 1.54) is 24.3 Å². The summed E-state index contributed by atoms with van der Waals surface area (Å²) in [6, 6.07) is 12.4. The Morgan fingerprint density at radius 3 is 2.45 bits per heavy atom. The van der Waals surface area contributed by atoms with Crippen LogP contribution < -0.4 is 4.74 Å². The number of carbonyl (C=O) groups is 1. The highest BCUT2D eigenvalue weighted by Crippen LogP contribution is 2.21. The quantitative estimate of drug-likeness (QED) is 0.600. The summed E-state index contributed by atoms with van der Waals surface area (Å²) in [5.74, 6) is -0.0666. The maximum atomic E-state index is 12.9. The second-order valence-electron chi connectivity index (χ2n) is 4.17. The van der Waals surface area contributed by atoms with E-state index in [1.54, 1.807) is 31.4 Å². The molecule has 20 heavy (non-hydrogen) atoms. The Morgan fingerprint density at radius 1 is 1.05 bits per heavy atom. The van der Waals surface area contributed by atoms with Crippen LogP contribution in [0.4, 0.5) is 4.39 Å². The van der Waals surface area contributed by atoms with Gasteiger partial charge in [0.05, 0.1) is 12.2 Å². The van der Waals surface area contributed by atoms with Gasteiger partial charge in [0.15, 0.2) is 5.78 Å². The minimum Gasteiger partial charge on any atom is -0.490 e. The lowest BCUT2D eigenvalue weighted by molar-refractivity contribution is 0.103. The lowest BCUT2D eigenvalue weighted by Gasteiger charge is -2.10. The molecule has 0 saturated heterocycles. The summed E-state index contributed by atoms with van der Waals surface area (Å²) < 4.78 is 23.3. The van der Waals surface area contributed by atoms with E-state index in [1.807, 2.05) is 0 Å². The molecular formula is C16H15FO3. The number of halogens is 1. The van der Waals surface area contributed by atoms with Crippen LogP contribution >= 0.6 is 0 Å². The first kappa shape index (κ1) is 14.2. The summed E-state index contributed by atoms with van der Waals surface area (Å²) in [6.07, 6.45) is 0. The third kappa shape index (κ3) is 3.42. The third-order valence-corrected chi connectivity index (χ3v) is 2.78. The van der Waals surface area contributed by atoms with Crippen LogP contribution in [0, 0.1) is 5.82 Å². The van der Waals surface area contributed by atoms with Crippen LogP contribution in [-0.2, 0) is 4.74 Å². The Bertz CT molecular complexity index is 579. The lowest BCUT2D eigenvalue weighted by atomic mass is 10.0. The minimum absolute atomic E-state index is 0.196. The molecule has 0 N–H and O–H groups in total. The number of hydrogen-bond acceptors (Lipinski definition) is 3. The van der Waals surface area contributed by atoms with Gasteiger partial charge in [0.2, 0.25) is 0 Å². The molecular weight excluding hydrogens is 259 g/mol. The van der Waals surface area contributed by atoms with Crippen LogP contribution in [-0.4, -0.2) is 26.1 Å². The molecule has 2 aromatic carbocycles. The van der Waals surface area contributed by atoms with E-state index in [4.69, 9.17) is 9.47 Å². The number of methoxy groups -OCH3 is 1. The summed E-state index contributed by atoms with van der Waals surface area (Å²) in [4.78, 5) is 12.4. The van der Waals surface area contributed by atoms with Gasteiger partial charge in [0, 0.05) is 12.7 Å². The molecule has 0 fully saturated rings. The summed E-state index contributed by atoms with van der Waals surface area (Å²) in [5.41, 5.74) is 0.879. The van der Waals surface area contributed by atoms with Gasteiger partial charge in [-0.3, -0.25) is 4.79 Å². The zero-order valence-electron chi connectivity index (χ0n) is 11.1. The molecule has 0 spiro atoms. The van der Waals surface area contributed by atoms with Crippen molar-refractivity contribution in [3.05, 3.63) is 65.5 Å². The van der Waals surface area contributed by atoms with Crippen LogP contribution in [0.2, 0.25) is 0 Å². The van der Waals surface area contributed by atoms with Gasteiger partial charge in [0.1, 0.15) is 18.2 Å². The van der Waals surface area contributed by atoms with Gasteiger partial charge in [-0.1, -0.05) is 12.1 Å². The van der Waals surface area contributed by atoms with Crippen molar-refractivity contribution in [2.24, 2.45) is 0 Å². The zero-order valence-corrected chi connectivity index (χ0v) is 11.1. The fraction of sp³-hybridized carbons (Fsp3) is 0.188. The van der Waals surface area contributed by atoms with Crippen LogP contribution in [0.5, 0.6) is 5.75 Å². The van der Waals surface area contributed by atoms with Crippen LogP contribution in [0.15, 0.2) is 48.5 Å². The van der Waals surface area contributed by atoms with E-state index >= 15 is 0 Å². The first-order valence-corrected chi connectivity index (χ1v) is 6.23. The molecule has 2 aromatic rings. The SMILES string of the molecule is COCCOc1ccccc1C(=O)c1ccc(F)cc1. The molecule has 0 aliphatic carbocycles. The van der Waals surface area contributed by atoms with E-state index < -0.39 is 0 Å². The Hall–Kier alpha value is -2.20. The molecule has 104 valence electrons. The van der Waals surface area contributed by atoms with Gasteiger partial charge in [0.25, 0.3) is 0 Å². The van der Waals surface area contributed by atoms with Gasteiger partial charge >= 0.3 is 0 Å². The number of ether oxygens (including phenoxy) is 2. The van der Waals surface area contributed by atoms with E-state index in [0.29, 0.717) is 30.1 Å². The highest BCUT2D eigenvalue weighted by Gasteiger charge is 2.14. The van der Waals surface area contributed by atoms with Crippen LogP contribution in [0.1, 0.15) is 15.9 Å². The highest BCUT2D eigenvalue weighted by molar-refractivity contribution is 6.10. The summed E-state index contributed by atoms with van der Waals surface area (Å²) in [6.45, 7) is 0.809. The van der Waals surface area contributed by atoms with Crippen molar-refractivity contribution in [3.63, 3.8) is 0 Å². The van der Waals surface area contributed by atoms with Crippen molar-refractivity contribution < 1.29 is 18.7 Å². The Morgan fingerprint density at radius 2 is 1.75 bits per heavy atom. The van der Waals surface area contributed by atoms with Crippen LogP contribution in [0.25, 0.3) is 0 Å². The monoisotopic (exact) mass is 274 g/mol. The van der Waals surface area contributed by atoms with Crippen molar-refractivity contribution in [2.45, 2.75) is 0 Å². The molecule has 0 amide bonds. The Kier molecular flexibility index (Phi) is 4.85. The smallest absolute Gasteiger partial charge is 0.196 e. The van der Waals surface area contributed by atoms with Crippen molar-refractivity contribution in [3.8, 4) is 5.75 Å². The molecule has 0 aliphatic rings. The Labute approximate surface area is 117 Å². The molecule has 0 radical (unpaired) electrons. The molecule has 0 saturated carbocycles. The molecule has 0 aliphatic heterocycles. The number of ketones is 1. The van der Waals surface area contributed by atoms with Gasteiger partial charge in [-0.15, -0.1) is 0 Å². The number of hydrogen-bond donors (Lipinski definition) is 0. The van der Waals surface area contributed by atoms with E-state index in [9.17, 15) is 9.18 Å². The number of carbonyl (C=O) groups excluding carboxylic acids is 1. The standard InChI is InChI=1S/C16H15FO3/c1-19-10-11-20-15-5-3-2-4-14(15)16(18)12-6-8-13(17)9-7-12/h2-9H,10-11H2,1H3. The minimum atomic E-state index is -0.369. The number of rotatable bonds is 6. The van der Waals surface area contributed by atoms with E-state index in [0.717, 1.165) is 0 Å². The van der Waals surface area contributed by atoms with E-state index in [2.05, 4.69) is 0 Å². The fourth-order valence-corrected chi connectivity index (χ4v) is 1.77. The van der Waals surface area contributed by atoms with E-state index in [-0.39, 0.29) is 11.6 Å². The first-order valence-electron chi connectivity index (χ1n) is 6.23. The highest BCUT2D eigenvalue weighted by atomic mass is 19.1. The summed E-state index contributed by atoms with van der Waals surface area (Å²) >= 11 is 0. The molecule has 2 rings (SSSR count). The second-order valence-corrected chi connectivity index (χ2v) is 4.17. The average molecular weight is 274 g/mol. The third-order valence-electron chi connectivity index (χ3n) is 2.78. The predicted octanol–water partition coefficient (Wildman–Crippen LogP) is 3.08. The van der Waals surface area contributed by atoms with Gasteiger partial charge in [-0.2, -0.15) is 0 Å². The van der Waals surface area contributed by atoms with Crippen molar-refractivity contribution in [1.29, 1.82) is 0 Å². The molecule has 0 aromatic heterocycles. The molecule has 0 atom stereocenters. The van der Waals surface area contributed by atoms with Gasteiger partial charge in [-0.25, -0.2) is 4.39 Å². The maximum absolute atomic E-state index is 12.9. The largest absolute Gasteiger partial charge is 0.490 e. The van der Waals surface area contributed by atoms with Crippen molar-refractivity contribution in [1.82, 2.24) is 0 Å². The fourth-order valence-electron chi connectivity index (χ4n) is 1.77.